The summed E-state index contributed by atoms with van der Waals surface area (Å²) in [5, 5.41) is 13.0. The molecule has 0 radical (unpaired) electrons. The summed E-state index contributed by atoms with van der Waals surface area (Å²) >= 11 is 0. The van der Waals surface area contributed by atoms with Gasteiger partial charge in [-0.2, -0.15) is 13.2 Å². The summed E-state index contributed by atoms with van der Waals surface area (Å²) < 4.78 is 39.9. The molecule has 2 aromatic heterocycles. The number of nitrogens with zero attached hydrogens (tertiary/aromatic N) is 3. The molecule has 6 nitrogen and oxygen atoms in total. The standard InChI is InChI=1S/C23H28F3N3O3/c1-16(12-23(24,25)26)19(30)29-11-8-22(32,21(14-29)6-2-3-7-21)15-28-10-5-17-4-9-27-13-18(17)20(28)31/h4-5,9-10,13,16,32H,2-3,6-8,11-12,14-15H2,1H3. The fourth-order valence-corrected chi connectivity index (χ4v) is 5.56. The lowest BCUT2D eigenvalue weighted by molar-refractivity contribution is -0.172. The van der Waals surface area contributed by atoms with Gasteiger partial charge in [-0.25, -0.2) is 0 Å². The zero-order valence-electron chi connectivity index (χ0n) is 18.1. The van der Waals surface area contributed by atoms with Gasteiger partial charge in [-0.15, -0.1) is 0 Å². The Labute approximate surface area is 184 Å². The number of aromatic nitrogens is 2. The van der Waals surface area contributed by atoms with Crippen molar-refractivity contribution in [2.24, 2.45) is 11.3 Å². The first-order chi connectivity index (χ1) is 15.0. The van der Waals surface area contributed by atoms with Crippen LogP contribution in [0.5, 0.6) is 0 Å². The largest absolute Gasteiger partial charge is 0.389 e. The van der Waals surface area contributed by atoms with E-state index in [0.29, 0.717) is 18.2 Å². The molecule has 2 aliphatic rings. The molecule has 1 saturated heterocycles. The van der Waals surface area contributed by atoms with E-state index in [1.54, 1.807) is 24.5 Å². The molecule has 1 saturated carbocycles. The van der Waals surface area contributed by atoms with Crippen LogP contribution in [0.2, 0.25) is 0 Å². The third-order valence-corrected chi connectivity index (χ3v) is 7.32. The maximum atomic E-state index is 13.0. The van der Waals surface area contributed by atoms with Crippen LogP contribution in [0.4, 0.5) is 13.2 Å². The predicted octanol–water partition coefficient (Wildman–Crippen LogP) is 3.51. The summed E-state index contributed by atoms with van der Waals surface area (Å²) in [5.41, 5.74) is -2.11. The van der Waals surface area contributed by atoms with Crippen LogP contribution in [0.3, 0.4) is 0 Å². The summed E-state index contributed by atoms with van der Waals surface area (Å²) in [6.45, 7) is 1.77. The number of carbonyl (C=O) groups excluding carboxylic acids is 1. The van der Waals surface area contributed by atoms with E-state index in [4.69, 9.17) is 0 Å². The minimum Gasteiger partial charge on any atom is -0.387 e. The number of fused-ring (bicyclic) bond motifs is 1. The highest BCUT2D eigenvalue weighted by molar-refractivity contribution is 5.80. The second-order valence-electron chi connectivity index (χ2n) is 9.46. The molecule has 2 unspecified atom stereocenters. The maximum Gasteiger partial charge on any atom is 0.389 e. The Hall–Kier alpha value is -2.42. The van der Waals surface area contributed by atoms with E-state index in [1.807, 2.05) is 0 Å². The van der Waals surface area contributed by atoms with E-state index in [9.17, 15) is 27.9 Å². The normalized spacial score (nSPS) is 24.2. The molecule has 1 aliphatic carbocycles. The van der Waals surface area contributed by atoms with Gasteiger partial charge in [0.05, 0.1) is 24.0 Å². The van der Waals surface area contributed by atoms with Crippen LogP contribution in [0.25, 0.3) is 10.8 Å². The Morgan fingerprint density at radius 2 is 1.97 bits per heavy atom. The van der Waals surface area contributed by atoms with Crippen molar-refractivity contribution in [3.05, 3.63) is 41.1 Å². The summed E-state index contributed by atoms with van der Waals surface area (Å²) in [4.78, 5) is 31.3. The summed E-state index contributed by atoms with van der Waals surface area (Å²) in [7, 11) is 0. The molecule has 1 N–H and O–H groups in total. The molecule has 32 heavy (non-hydrogen) atoms. The molecule has 1 aliphatic heterocycles. The average molecular weight is 451 g/mol. The topological polar surface area (TPSA) is 75.4 Å². The number of carbonyl (C=O) groups is 1. The zero-order chi connectivity index (χ0) is 23.1. The molecule has 2 fully saturated rings. The third kappa shape index (κ3) is 4.14. The van der Waals surface area contributed by atoms with Crippen molar-refractivity contribution < 1.29 is 23.1 Å². The lowest BCUT2D eigenvalue weighted by Gasteiger charge is -2.52. The molecule has 1 spiro atoms. The second kappa shape index (κ2) is 8.17. The van der Waals surface area contributed by atoms with Crippen LogP contribution in [-0.4, -0.2) is 50.3 Å². The van der Waals surface area contributed by atoms with E-state index in [-0.39, 0.29) is 31.6 Å². The Morgan fingerprint density at radius 1 is 1.25 bits per heavy atom. The highest BCUT2D eigenvalue weighted by Gasteiger charge is 2.56. The lowest BCUT2D eigenvalue weighted by Crippen LogP contribution is -2.62. The molecule has 2 atom stereocenters. The van der Waals surface area contributed by atoms with Crippen molar-refractivity contribution in [1.82, 2.24) is 14.5 Å². The number of alkyl halides is 3. The number of amides is 1. The first kappa shape index (κ1) is 22.8. The van der Waals surface area contributed by atoms with Crippen LogP contribution < -0.4 is 5.56 Å². The number of piperidine rings is 1. The number of hydrogen-bond acceptors (Lipinski definition) is 4. The Morgan fingerprint density at radius 3 is 2.66 bits per heavy atom. The quantitative estimate of drug-likeness (QED) is 0.772. The number of pyridine rings is 2. The van der Waals surface area contributed by atoms with Crippen LogP contribution in [0.1, 0.15) is 45.4 Å². The van der Waals surface area contributed by atoms with Crippen LogP contribution in [-0.2, 0) is 11.3 Å². The average Bonchev–Trinajstić information content (AvgIpc) is 3.21. The first-order valence-corrected chi connectivity index (χ1v) is 11.0. The molecule has 1 amide bonds. The van der Waals surface area contributed by atoms with Crippen LogP contribution in [0, 0.1) is 11.3 Å². The van der Waals surface area contributed by atoms with Crippen molar-refractivity contribution in [2.45, 2.75) is 63.8 Å². The second-order valence-corrected chi connectivity index (χ2v) is 9.46. The molecule has 9 heteroatoms. The van der Waals surface area contributed by atoms with E-state index < -0.39 is 35.4 Å². The number of rotatable bonds is 4. The number of halogens is 3. The number of hydrogen-bond donors (Lipinski definition) is 1. The zero-order valence-corrected chi connectivity index (χ0v) is 18.1. The molecular formula is C23H28F3N3O3. The summed E-state index contributed by atoms with van der Waals surface area (Å²) in [6, 6.07) is 3.56. The van der Waals surface area contributed by atoms with Crippen molar-refractivity contribution in [3.63, 3.8) is 0 Å². The summed E-state index contributed by atoms with van der Waals surface area (Å²) in [6.07, 6.45) is 2.53. The Balaban J connectivity index is 1.59. The molecular weight excluding hydrogens is 423 g/mol. The van der Waals surface area contributed by atoms with E-state index in [2.05, 4.69) is 4.98 Å². The third-order valence-electron chi connectivity index (χ3n) is 7.32. The monoisotopic (exact) mass is 451 g/mol. The molecule has 174 valence electrons. The molecule has 4 rings (SSSR count). The van der Waals surface area contributed by atoms with Crippen molar-refractivity contribution in [3.8, 4) is 0 Å². The molecule has 0 bridgehead atoms. The first-order valence-electron chi connectivity index (χ1n) is 11.0. The van der Waals surface area contributed by atoms with Gasteiger partial charge in [0.2, 0.25) is 5.91 Å². The van der Waals surface area contributed by atoms with Gasteiger partial charge >= 0.3 is 6.18 Å². The Kier molecular flexibility index (Phi) is 5.81. The predicted molar refractivity (Wildman–Crippen MR) is 113 cm³/mol. The van der Waals surface area contributed by atoms with Crippen molar-refractivity contribution >= 4 is 16.7 Å². The maximum absolute atomic E-state index is 13.0. The van der Waals surface area contributed by atoms with Gasteiger partial charge in [0, 0.05) is 43.0 Å². The van der Waals surface area contributed by atoms with Gasteiger partial charge in [0.1, 0.15) is 0 Å². The molecule has 0 aromatic carbocycles. The van der Waals surface area contributed by atoms with Gasteiger partial charge in [-0.05, 0) is 36.8 Å². The molecule has 2 aromatic rings. The lowest BCUT2D eigenvalue weighted by atomic mass is 9.65. The highest BCUT2D eigenvalue weighted by Crippen LogP contribution is 2.51. The molecule has 3 heterocycles. The number of aliphatic hydroxyl groups is 1. The van der Waals surface area contributed by atoms with Gasteiger partial charge < -0.3 is 14.6 Å². The van der Waals surface area contributed by atoms with Gasteiger partial charge in [0.25, 0.3) is 5.56 Å². The number of likely N-dealkylation sites (tertiary alicyclic amines) is 1. The highest BCUT2D eigenvalue weighted by atomic mass is 19.4. The van der Waals surface area contributed by atoms with E-state index in [1.165, 1.54) is 22.6 Å². The van der Waals surface area contributed by atoms with Gasteiger partial charge in [0.15, 0.2) is 0 Å². The van der Waals surface area contributed by atoms with Gasteiger partial charge in [-0.1, -0.05) is 19.8 Å². The fraction of sp³-hybridized carbons (Fsp3) is 0.609. The van der Waals surface area contributed by atoms with Crippen LogP contribution in [0.15, 0.2) is 35.5 Å². The smallest absolute Gasteiger partial charge is 0.387 e. The minimum atomic E-state index is -4.40. The minimum absolute atomic E-state index is 0.0802. The van der Waals surface area contributed by atoms with Crippen molar-refractivity contribution in [2.75, 3.05) is 13.1 Å². The fourth-order valence-electron chi connectivity index (χ4n) is 5.56. The SMILES string of the molecule is CC(CC(F)(F)F)C(=O)N1CCC(O)(Cn2ccc3ccncc3c2=O)C2(CCCC2)C1. The summed E-state index contributed by atoms with van der Waals surface area (Å²) in [5.74, 6) is -1.68. The van der Waals surface area contributed by atoms with Crippen LogP contribution >= 0.6 is 0 Å². The van der Waals surface area contributed by atoms with Gasteiger partial charge in [-0.3, -0.25) is 14.6 Å². The van der Waals surface area contributed by atoms with E-state index in [0.717, 1.165) is 18.2 Å². The Bertz CT molecular complexity index is 1060. The van der Waals surface area contributed by atoms with E-state index >= 15 is 0 Å². The van der Waals surface area contributed by atoms with Crippen molar-refractivity contribution in [1.29, 1.82) is 0 Å².